The summed E-state index contributed by atoms with van der Waals surface area (Å²) < 4.78 is 4.61. The van der Waals surface area contributed by atoms with Crippen LogP contribution in [0.1, 0.15) is 36.0 Å². The van der Waals surface area contributed by atoms with Crippen LogP contribution in [0.5, 0.6) is 0 Å². The van der Waals surface area contributed by atoms with E-state index in [9.17, 15) is 9.59 Å². The Morgan fingerprint density at radius 3 is 2.32 bits per heavy atom. The van der Waals surface area contributed by atoms with E-state index in [0.29, 0.717) is 11.3 Å². The maximum Gasteiger partial charge on any atom is 0.337 e. The zero-order valence-corrected chi connectivity index (χ0v) is 10.9. The van der Waals surface area contributed by atoms with Gasteiger partial charge >= 0.3 is 5.97 Å². The number of amides is 1. The number of methoxy groups -OCH3 is 1. The Labute approximate surface area is 112 Å². The Morgan fingerprint density at radius 1 is 1.21 bits per heavy atom. The summed E-state index contributed by atoms with van der Waals surface area (Å²) >= 11 is 0. The van der Waals surface area contributed by atoms with Gasteiger partial charge in [0.15, 0.2) is 0 Å². The highest BCUT2D eigenvalue weighted by Gasteiger charge is 2.36. The molecule has 1 aromatic carbocycles. The number of carbonyl (C=O) groups is 2. The highest BCUT2D eigenvalue weighted by molar-refractivity contribution is 5.98. The molecular weight excluding hydrogens is 244 g/mol. The number of hydrogen-bond donors (Lipinski definition) is 2. The van der Waals surface area contributed by atoms with Gasteiger partial charge in [-0.1, -0.05) is 12.8 Å². The number of nitrogens with one attached hydrogen (secondary N) is 1. The monoisotopic (exact) mass is 262 g/mol. The average Bonchev–Trinajstić information content (AvgIpc) is 2.87. The summed E-state index contributed by atoms with van der Waals surface area (Å²) in [6, 6.07) is 6.56. The summed E-state index contributed by atoms with van der Waals surface area (Å²) in [6.07, 6.45) is 3.43. The maximum atomic E-state index is 12.1. The van der Waals surface area contributed by atoms with E-state index in [0.717, 1.165) is 25.7 Å². The zero-order chi connectivity index (χ0) is 13.9. The molecule has 0 spiro atoms. The molecule has 3 N–H and O–H groups in total. The van der Waals surface area contributed by atoms with E-state index in [4.69, 9.17) is 5.73 Å². The number of anilines is 1. The Bertz CT molecular complexity index is 476. The smallest absolute Gasteiger partial charge is 0.337 e. The molecule has 1 aliphatic rings. The highest BCUT2D eigenvalue weighted by Crippen LogP contribution is 2.28. The molecule has 0 bridgehead atoms. The van der Waals surface area contributed by atoms with Crippen molar-refractivity contribution in [1.82, 2.24) is 0 Å². The van der Waals surface area contributed by atoms with Gasteiger partial charge in [0.2, 0.25) is 5.91 Å². The first-order valence-corrected chi connectivity index (χ1v) is 6.34. The molecule has 0 saturated heterocycles. The van der Waals surface area contributed by atoms with Crippen molar-refractivity contribution in [3.05, 3.63) is 29.8 Å². The van der Waals surface area contributed by atoms with Crippen molar-refractivity contribution in [1.29, 1.82) is 0 Å². The Kier molecular flexibility index (Phi) is 3.85. The first-order chi connectivity index (χ1) is 9.05. The minimum atomic E-state index is -0.749. The second kappa shape index (κ2) is 5.40. The lowest BCUT2D eigenvalue weighted by Gasteiger charge is -2.22. The summed E-state index contributed by atoms with van der Waals surface area (Å²) in [5.41, 5.74) is 6.40. The fourth-order valence-electron chi connectivity index (χ4n) is 2.30. The third kappa shape index (κ3) is 2.93. The van der Waals surface area contributed by atoms with Crippen LogP contribution in [-0.4, -0.2) is 24.5 Å². The molecule has 0 aromatic heterocycles. The van der Waals surface area contributed by atoms with E-state index in [-0.39, 0.29) is 5.91 Å². The second-order valence-electron chi connectivity index (χ2n) is 4.89. The highest BCUT2D eigenvalue weighted by atomic mass is 16.5. The third-order valence-electron chi connectivity index (χ3n) is 3.51. The molecule has 0 radical (unpaired) electrons. The van der Waals surface area contributed by atoms with Crippen molar-refractivity contribution in [3.63, 3.8) is 0 Å². The van der Waals surface area contributed by atoms with Crippen molar-refractivity contribution in [3.8, 4) is 0 Å². The van der Waals surface area contributed by atoms with Crippen LogP contribution < -0.4 is 11.1 Å². The number of esters is 1. The van der Waals surface area contributed by atoms with Gasteiger partial charge in [0.05, 0.1) is 18.2 Å². The lowest BCUT2D eigenvalue weighted by atomic mass is 9.98. The van der Waals surface area contributed by atoms with Gasteiger partial charge in [-0.15, -0.1) is 0 Å². The molecule has 5 nitrogen and oxygen atoms in total. The van der Waals surface area contributed by atoms with Crippen molar-refractivity contribution >= 4 is 17.6 Å². The van der Waals surface area contributed by atoms with Crippen molar-refractivity contribution in [2.75, 3.05) is 12.4 Å². The molecule has 0 aliphatic heterocycles. The molecule has 1 saturated carbocycles. The Hall–Kier alpha value is -1.88. The molecule has 102 valence electrons. The van der Waals surface area contributed by atoms with Gasteiger partial charge in [-0.2, -0.15) is 0 Å². The fourth-order valence-corrected chi connectivity index (χ4v) is 2.30. The molecule has 0 unspecified atom stereocenters. The first kappa shape index (κ1) is 13.5. The van der Waals surface area contributed by atoms with Crippen LogP contribution in [0.4, 0.5) is 5.69 Å². The quantitative estimate of drug-likeness (QED) is 0.812. The van der Waals surface area contributed by atoms with E-state index in [2.05, 4.69) is 10.1 Å². The van der Waals surface area contributed by atoms with Crippen LogP contribution in [0, 0.1) is 0 Å². The predicted octanol–water partition coefficient (Wildman–Crippen LogP) is 1.68. The summed E-state index contributed by atoms with van der Waals surface area (Å²) in [6.45, 7) is 0. The minimum Gasteiger partial charge on any atom is -0.465 e. The standard InChI is InChI=1S/C14H18N2O3/c1-19-12(17)10-4-6-11(7-5-10)16-13(18)14(15)8-2-3-9-14/h4-7H,2-3,8-9,15H2,1H3,(H,16,18). The first-order valence-electron chi connectivity index (χ1n) is 6.34. The van der Waals surface area contributed by atoms with Gasteiger partial charge in [-0.05, 0) is 37.1 Å². The maximum absolute atomic E-state index is 12.1. The molecule has 1 aromatic rings. The van der Waals surface area contributed by atoms with Gasteiger partial charge in [-0.25, -0.2) is 4.79 Å². The molecule has 1 aliphatic carbocycles. The molecule has 5 heteroatoms. The fraction of sp³-hybridized carbons (Fsp3) is 0.429. The predicted molar refractivity (Wildman–Crippen MR) is 71.8 cm³/mol. The van der Waals surface area contributed by atoms with Gasteiger partial charge in [-0.3, -0.25) is 4.79 Å². The van der Waals surface area contributed by atoms with E-state index in [1.54, 1.807) is 24.3 Å². The summed E-state index contributed by atoms with van der Waals surface area (Å²) in [7, 11) is 1.33. The van der Waals surface area contributed by atoms with Crippen molar-refractivity contribution in [2.24, 2.45) is 5.73 Å². The van der Waals surface area contributed by atoms with Gasteiger partial charge in [0.25, 0.3) is 0 Å². The Morgan fingerprint density at radius 2 is 1.79 bits per heavy atom. The second-order valence-corrected chi connectivity index (χ2v) is 4.89. The number of benzene rings is 1. The van der Waals surface area contributed by atoms with Gasteiger partial charge in [0.1, 0.15) is 0 Å². The number of nitrogens with two attached hydrogens (primary N) is 1. The largest absolute Gasteiger partial charge is 0.465 e. The molecule has 19 heavy (non-hydrogen) atoms. The molecule has 1 amide bonds. The van der Waals surface area contributed by atoms with Crippen LogP contribution in [0.15, 0.2) is 24.3 Å². The molecular formula is C14H18N2O3. The van der Waals surface area contributed by atoms with E-state index in [1.165, 1.54) is 7.11 Å². The molecule has 2 rings (SSSR count). The summed E-state index contributed by atoms with van der Waals surface area (Å²) in [5.74, 6) is -0.556. The molecule has 0 atom stereocenters. The van der Waals surface area contributed by atoms with Crippen LogP contribution in [0.3, 0.4) is 0 Å². The van der Waals surface area contributed by atoms with E-state index >= 15 is 0 Å². The third-order valence-corrected chi connectivity index (χ3v) is 3.51. The topological polar surface area (TPSA) is 81.4 Å². The molecule has 1 fully saturated rings. The lowest BCUT2D eigenvalue weighted by Crippen LogP contribution is -2.48. The van der Waals surface area contributed by atoms with Crippen LogP contribution in [0.25, 0.3) is 0 Å². The SMILES string of the molecule is COC(=O)c1ccc(NC(=O)C2(N)CCCC2)cc1. The van der Waals surface area contributed by atoms with Crippen molar-refractivity contribution in [2.45, 2.75) is 31.2 Å². The van der Waals surface area contributed by atoms with E-state index < -0.39 is 11.5 Å². The summed E-state index contributed by atoms with van der Waals surface area (Å²) in [5, 5.41) is 2.79. The van der Waals surface area contributed by atoms with Crippen molar-refractivity contribution < 1.29 is 14.3 Å². The molecule has 0 heterocycles. The minimum absolute atomic E-state index is 0.157. The van der Waals surface area contributed by atoms with Gasteiger partial charge < -0.3 is 15.8 Å². The lowest BCUT2D eigenvalue weighted by molar-refractivity contribution is -0.121. The van der Waals surface area contributed by atoms with Crippen LogP contribution >= 0.6 is 0 Å². The number of rotatable bonds is 3. The zero-order valence-electron chi connectivity index (χ0n) is 10.9. The normalized spacial score (nSPS) is 16.9. The number of hydrogen-bond acceptors (Lipinski definition) is 4. The Balaban J connectivity index is 2.03. The van der Waals surface area contributed by atoms with E-state index in [1.807, 2.05) is 0 Å². The van der Waals surface area contributed by atoms with Gasteiger partial charge in [0, 0.05) is 5.69 Å². The number of ether oxygens (including phenoxy) is 1. The summed E-state index contributed by atoms with van der Waals surface area (Å²) in [4.78, 5) is 23.4. The number of carbonyl (C=O) groups excluding carboxylic acids is 2. The average molecular weight is 262 g/mol. The van der Waals surface area contributed by atoms with Crippen LogP contribution in [-0.2, 0) is 9.53 Å². The van der Waals surface area contributed by atoms with Crippen LogP contribution in [0.2, 0.25) is 0 Å².